The first-order chi connectivity index (χ1) is 4.85. The fraction of sp³-hybridized carbons (Fsp3) is 0.250. The first-order valence-electron chi connectivity index (χ1n) is 3.00. The van der Waals surface area contributed by atoms with Crippen LogP contribution in [0.1, 0.15) is 6.42 Å². The third-order valence-corrected chi connectivity index (χ3v) is 0.958. The minimum Gasteiger partial charge on any atom is -0.268 e. The van der Waals surface area contributed by atoms with E-state index in [1.165, 1.54) is 6.20 Å². The predicted octanol–water partition coefficient (Wildman–Crippen LogP) is 1.92. The molecule has 0 bridgehead atoms. The van der Waals surface area contributed by atoms with Gasteiger partial charge in [-0.1, -0.05) is 12.7 Å². The third kappa shape index (κ3) is 3.62. The molecule has 52 valence electrons. The van der Waals surface area contributed by atoms with Crippen LogP contribution in [-0.2, 0) is 0 Å². The van der Waals surface area contributed by atoms with Crippen molar-refractivity contribution in [3.8, 4) is 6.07 Å². The normalized spacial score (nSPS) is 12.3. The van der Waals surface area contributed by atoms with Gasteiger partial charge in [-0.2, -0.15) is 5.26 Å². The number of hydrogen-bond donors (Lipinski definition) is 0. The lowest BCUT2D eigenvalue weighted by Crippen LogP contribution is -1.94. The van der Waals surface area contributed by atoms with Crippen LogP contribution in [0.3, 0.4) is 0 Å². The number of aliphatic imine (C=N–C) groups is 1. The Kier molecular flexibility index (Phi) is 4.99. The molecule has 10 heavy (non-hydrogen) atoms. The van der Waals surface area contributed by atoms with Crippen LogP contribution in [0.15, 0.2) is 30.4 Å². The fourth-order valence-corrected chi connectivity index (χ4v) is 0.491. The Labute approximate surface area is 61.2 Å². The molecule has 0 aromatic heterocycles. The maximum Gasteiger partial charge on any atom is 0.0849 e. The summed E-state index contributed by atoms with van der Waals surface area (Å²) in [5.74, 6) is -0.157. The maximum atomic E-state index is 8.46. The van der Waals surface area contributed by atoms with Crippen LogP contribution < -0.4 is 0 Å². The lowest BCUT2D eigenvalue weighted by Gasteiger charge is -1.93. The molecule has 0 aromatic rings. The maximum absolute atomic E-state index is 8.46. The molecule has 0 spiro atoms. The van der Waals surface area contributed by atoms with E-state index in [0.717, 1.165) is 0 Å². The summed E-state index contributed by atoms with van der Waals surface area (Å²) in [4.78, 5) is 3.73. The molecule has 0 heterocycles. The summed E-state index contributed by atoms with van der Waals surface area (Å²) < 4.78 is 0. The molecule has 1 atom stereocenters. The van der Waals surface area contributed by atoms with Crippen molar-refractivity contribution in [1.29, 1.82) is 5.26 Å². The van der Waals surface area contributed by atoms with Gasteiger partial charge in [-0.15, -0.1) is 6.58 Å². The van der Waals surface area contributed by atoms with Crippen molar-refractivity contribution >= 4 is 6.21 Å². The molecule has 0 aromatic carbocycles. The SMILES string of the molecule is C=CCC(C#N)/C=N\C=C. The van der Waals surface area contributed by atoms with Crippen LogP contribution >= 0.6 is 0 Å². The molecule has 2 heteroatoms. The predicted molar refractivity (Wildman–Crippen MR) is 42.6 cm³/mol. The fourth-order valence-electron chi connectivity index (χ4n) is 0.491. The second kappa shape index (κ2) is 5.77. The summed E-state index contributed by atoms with van der Waals surface area (Å²) in [5.41, 5.74) is 0. The van der Waals surface area contributed by atoms with E-state index in [-0.39, 0.29) is 5.92 Å². The van der Waals surface area contributed by atoms with E-state index in [2.05, 4.69) is 24.2 Å². The van der Waals surface area contributed by atoms with Crippen molar-refractivity contribution in [3.05, 3.63) is 25.4 Å². The Morgan fingerprint density at radius 1 is 1.60 bits per heavy atom. The average molecular weight is 134 g/mol. The van der Waals surface area contributed by atoms with Crippen LogP contribution in [0, 0.1) is 17.2 Å². The number of nitriles is 1. The summed E-state index contributed by atoms with van der Waals surface area (Å²) >= 11 is 0. The lowest BCUT2D eigenvalue weighted by atomic mass is 10.1. The van der Waals surface area contributed by atoms with Gasteiger partial charge in [-0.3, -0.25) is 4.99 Å². The summed E-state index contributed by atoms with van der Waals surface area (Å²) in [6.45, 7) is 6.91. The number of rotatable bonds is 4. The van der Waals surface area contributed by atoms with Gasteiger partial charge in [0.15, 0.2) is 0 Å². The van der Waals surface area contributed by atoms with Crippen LogP contribution in [-0.4, -0.2) is 6.21 Å². The standard InChI is InChI=1S/C8H10N2/c1-3-5-8(6-9)7-10-4-2/h3-4,7-8H,1-2,5H2/b10-7-. The molecule has 0 amide bonds. The summed E-state index contributed by atoms with van der Waals surface area (Å²) in [5, 5.41) is 8.46. The van der Waals surface area contributed by atoms with E-state index >= 15 is 0 Å². The second-order valence-corrected chi connectivity index (χ2v) is 1.74. The molecular weight excluding hydrogens is 124 g/mol. The van der Waals surface area contributed by atoms with Crippen LogP contribution in [0.2, 0.25) is 0 Å². The second-order valence-electron chi connectivity index (χ2n) is 1.74. The van der Waals surface area contributed by atoms with Crippen molar-refractivity contribution in [3.63, 3.8) is 0 Å². The Balaban J connectivity index is 3.84. The quantitative estimate of drug-likeness (QED) is 0.427. The van der Waals surface area contributed by atoms with E-state index in [1.807, 2.05) is 0 Å². The van der Waals surface area contributed by atoms with Gasteiger partial charge in [0.25, 0.3) is 0 Å². The highest BCUT2D eigenvalue weighted by Crippen LogP contribution is 1.97. The lowest BCUT2D eigenvalue weighted by molar-refractivity contribution is 0.916. The van der Waals surface area contributed by atoms with E-state index < -0.39 is 0 Å². The van der Waals surface area contributed by atoms with E-state index in [4.69, 9.17) is 5.26 Å². The largest absolute Gasteiger partial charge is 0.268 e. The molecule has 1 unspecified atom stereocenters. The minimum absolute atomic E-state index is 0.157. The van der Waals surface area contributed by atoms with Gasteiger partial charge in [0, 0.05) is 12.4 Å². The van der Waals surface area contributed by atoms with Gasteiger partial charge in [0.1, 0.15) is 0 Å². The van der Waals surface area contributed by atoms with Gasteiger partial charge in [-0.05, 0) is 6.42 Å². The van der Waals surface area contributed by atoms with Gasteiger partial charge in [0.2, 0.25) is 0 Å². The molecule has 0 N–H and O–H groups in total. The van der Waals surface area contributed by atoms with Gasteiger partial charge < -0.3 is 0 Å². The molecule has 0 saturated carbocycles. The van der Waals surface area contributed by atoms with Crippen LogP contribution in [0.25, 0.3) is 0 Å². The minimum atomic E-state index is -0.157. The zero-order valence-corrected chi connectivity index (χ0v) is 5.83. The monoisotopic (exact) mass is 134 g/mol. The zero-order chi connectivity index (χ0) is 7.82. The summed E-state index contributed by atoms with van der Waals surface area (Å²) in [7, 11) is 0. The molecule has 0 saturated heterocycles. The first-order valence-corrected chi connectivity index (χ1v) is 3.00. The molecule has 0 rings (SSSR count). The highest BCUT2D eigenvalue weighted by Gasteiger charge is 1.97. The van der Waals surface area contributed by atoms with Gasteiger partial charge in [0.05, 0.1) is 12.0 Å². The molecule has 0 radical (unpaired) electrons. The van der Waals surface area contributed by atoms with E-state index in [0.29, 0.717) is 6.42 Å². The average Bonchev–Trinajstić information content (AvgIpc) is 1.98. The topological polar surface area (TPSA) is 36.1 Å². The Morgan fingerprint density at radius 3 is 2.70 bits per heavy atom. The van der Waals surface area contributed by atoms with Crippen LogP contribution in [0.5, 0.6) is 0 Å². The van der Waals surface area contributed by atoms with Crippen molar-refractivity contribution in [2.75, 3.05) is 0 Å². The van der Waals surface area contributed by atoms with Crippen molar-refractivity contribution < 1.29 is 0 Å². The summed E-state index contributed by atoms with van der Waals surface area (Å²) in [6, 6.07) is 2.07. The Morgan fingerprint density at radius 2 is 2.30 bits per heavy atom. The van der Waals surface area contributed by atoms with E-state index in [9.17, 15) is 0 Å². The molecule has 0 aliphatic rings. The zero-order valence-electron chi connectivity index (χ0n) is 5.83. The molecule has 0 fully saturated rings. The number of hydrogen-bond acceptors (Lipinski definition) is 2. The number of allylic oxidation sites excluding steroid dienone is 1. The Hall–Kier alpha value is -1.36. The highest BCUT2D eigenvalue weighted by atomic mass is 14.7. The molecule has 2 nitrogen and oxygen atoms in total. The molecule has 0 aliphatic carbocycles. The van der Waals surface area contributed by atoms with Crippen molar-refractivity contribution in [1.82, 2.24) is 0 Å². The van der Waals surface area contributed by atoms with Crippen molar-refractivity contribution in [2.24, 2.45) is 10.9 Å². The molecular formula is C8H10N2. The molecule has 0 aliphatic heterocycles. The van der Waals surface area contributed by atoms with Gasteiger partial charge >= 0.3 is 0 Å². The van der Waals surface area contributed by atoms with Crippen LogP contribution in [0.4, 0.5) is 0 Å². The smallest absolute Gasteiger partial charge is 0.0849 e. The Bertz CT molecular complexity index is 174. The first kappa shape index (κ1) is 8.64. The van der Waals surface area contributed by atoms with Gasteiger partial charge in [-0.25, -0.2) is 0 Å². The third-order valence-electron chi connectivity index (χ3n) is 0.958. The number of nitrogens with zero attached hydrogens (tertiary/aromatic N) is 2. The van der Waals surface area contributed by atoms with Crippen molar-refractivity contribution in [2.45, 2.75) is 6.42 Å². The highest BCUT2D eigenvalue weighted by molar-refractivity contribution is 5.64. The summed E-state index contributed by atoms with van der Waals surface area (Å²) in [6.07, 6.45) is 5.32. The van der Waals surface area contributed by atoms with E-state index in [1.54, 1.807) is 12.3 Å².